The summed E-state index contributed by atoms with van der Waals surface area (Å²) in [6.45, 7) is 2.58. The van der Waals surface area contributed by atoms with Gasteiger partial charge in [-0.3, -0.25) is 4.98 Å². The molecule has 0 unspecified atom stereocenters. The number of ether oxygens (including phenoxy) is 1. The van der Waals surface area contributed by atoms with Gasteiger partial charge < -0.3 is 15.0 Å². The van der Waals surface area contributed by atoms with Crippen LogP contribution in [0.15, 0.2) is 18.5 Å². The molecule has 1 N–H and O–H groups in total. The Kier molecular flexibility index (Phi) is 6.58. The van der Waals surface area contributed by atoms with E-state index in [4.69, 9.17) is 4.74 Å². The highest BCUT2D eigenvalue weighted by Crippen LogP contribution is 2.31. The zero-order valence-corrected chi connectivity index (χ0v) is 13.3. The average Bonchev–Trinajstić information content (AvgIpc) is 2.96. The molecule has 1 aromatic rings. The molecule has 4 nitrogen and oxygen atoms in total. The van der Waals surface area contributed by atoms with Gasteiger partial charge in [-0.2, -0.15) is 13.2 Å². The van der Waals surface area contributed by atoms with Crippen LogP contribution in [0.4, 0.5) is 18.9 Å². The quantitative estimate of drug-likeness (QED) is 0.899. The first-order valence-electron chi connectivity index (χ1n) is 6.61. The minimum Gasteiger partial charge on any atom is -0.482 e. The Balaban J connectivity index is 0.00000121. The molecule has 1 aromatic heterocycles. The van der Waals surface area contributed by atoms with Crippen molar-refractivity contribution in [1.29, 1.82) is 0 Å². The third-order valence-corrected chi connectivity index (χ3v) is 3.86. The summed E-state index contributed by atoms with van der Waals surface area (Å²) in [6.07, 6.45) is -1.34. The maximum Gasteiger partial charge on any atom is 0.422 e. The predicted molar refractivity (Wildman–Crippen MR) is 82.3 cm³/mol. The van der Waals surface area contributed by atoms with Crippen molar-refractivity contribution in [2.24, 2.45) is 11.8 Å². The molecule has 9 heteroatoms. The van der Waals surface area contributed by atoms with Gasteiger partial charge in [0.1, 0.15) is 5.75 Å². The first-order valence-corrected chi connectivity index (χ1v) is 6.61. The molecule has 0 radical (unpaired) electrons. The second-order valence-electron chi connectivity index (χ2n) is 5.37. The van der Waals surface area contributed by atoms with E-state index in [0.717, 1.165) is 31.9 Å². The van der Waals surface area contributed by atoms with Gasteiger partial charge in [0.25, 0.3) is 0 Å². The normalized spacial score (nSPS) is 23.5. The summed E-state index contributed by atoms with van der Waals surface area (Å²) in [7, 11) is 0. The number of nitrogens with zero attached hydrogens (tertiary/aromatic N) is 2. The lowest BCUT2D eigenvalue weighted by molar-refractivity contribution is -0.153. The third-order valence-electron chi connectivity index (χ3n) is 3.86. The second-order valence-corrected chi connectivity index (χ2v) is 5.37. The molecule has 0 aromatic carbocycles. The fourth-order valence-electron chi connectivity index (χ4n) is 2.89. The largest absolute Gasteiger partial charge is 0.482 e. The van der Waals surface area contributed by atoms with E-state index < -0.39 is 12.8 Å². The van der Waals surface area contributed by atoms with Crippen LogP contribution in [0.2, 0.25) is 0 Å². The van der Waals surface area contributed by atoms with Crippen molar-refractivity contribution >= 4 is 30.5 Å². The van der Waals surface area contributed by atoms with Gasteiger partial charge in [-0.1, -0.05) is 0 Å². The summed E-state index contributed by atoms with van der Waals surface area (Å²) < 4.78 is 41.1. The fraction of sp³-hybridized carbons (Fsp3) is 0.615. The molecule has 0 amide bonds. The van der Waals surface area contributed by atoms with Crippen molar-refractivity contribution in [3.8, 4) is 5.75 Å². The van der Waals surface area contributed by atoms with Crippen molar-refractivity contribution < 1.29 is 17.9 Å². The highest BCUT2D eigenvalue weighted by Gasteiger charge is 2.36. The highest BCUT2D eigenvalue weighted by molar-refractivity contribution is 5.85. The summed E-state index contributed by atoms with van der Waals surface area (Å²) in [5, 5.41) is 3.35. The SMILES string of the molecule is Cl.Cl.FC(F)(F)COc1cncc(N2C[C@H]3CNC[C@H]3C2)c1. The maximum absolute atomic E-state index is 12.1. The first kappa shape index (κ1) is 19.1. The highest BCUT2D eigenvalue weighted by atomic mass is 35.5. The van der Waals surface area contributed by atoms with Crippen molar-refractivity contribution in [2.75, 3.05) is 37.7 Å². The van der Waals surface area contributed by atoms with E-state index >= 15 is 0 Å². The van der Waals surface area contributed by atoms with Crippen LogP contribution < -0.4 is 15.0 Å². The average molecular weight is 360 g/mol. The molecule has 0 aliphatic carbocycles. The molecule has 3 rings (SSSR count). The number of rotatable bonds is 3. The van der Waals surface area contributed by atoms with Crippen LogP contribution in [-0.4, -0.2) is 43.9 Å². The third kappa shape index (κ3) is 4.54. The molecule has 22 heavy (non-hydrogen) atoms. The van der Waals surface area contributed by atoms with Crippen molar-refractivity contribution in [3.05, 3.63) is 18.5 Å². The van der Waals surface area contributed by atoms with E-state index in [0.29, 0.717) is 11.8 Å². The van der Waals surface area contributed by atoms with E-state index in [1.165, 1.54) is 6.20 Å². The number of nitrogens with one attached hydrogen (secondary N) is 1. The lowest BCUT2D eigenvalue weighted by atomic mass is 10.0. The Labute approximate surface area is 139 Å². The molecule has 2 saturated heterocycles. The van der Waals surface area contributed by atoms with Crippen molar-refractivity contribution in [1.82, 2.24) is 10.3 Å². The summed E-state index contributed by atoms with van der Waals surface area (Å²) in [5.41, 5.74) is 0.832. The molecule has 0 spiro atoms. The molecule has 2 atom stereocenters. The molecule has 2 aliphatic heterocycles. The van der Waals surface area contributed by atoms with E-state index in [1.54, 1.807) is 12.3 Å². The van der Waals surface area contributed by atoms with Crippen molar-refractivity contribution in [3.63, 3.8) is 0 Å². The van der Waals surface area contributed by atoms with Gasteiger partial charge in [0.15, 0.2) is 6.61 Å². The summed E-state index contributed by atoms with van der Waals surface area (Å²) in [5.74, 6) is 1.40. The van der Waals surface area contributed by atoms with E-state index in [9.17, 15) is 13.2 Å². The lowest BCUT2D eigenvalue weighted by Crippen LogP contribution is -2.25. The topological polar surface area (TPSA) is 37.4 Å². The Bertz CT molecular complexity index is 478. The van der Waals surface area contributed by atoms with Gasteiger partial charge in [0.2, 0.25) is 0 Å². The summed E-state index contributed by atoms with van der Waals surface area (Å²) in [6, 6.07) is 1.63. The smallest absolute Gasteiger partial charge is 0.422 e. The van der Waals surface area contributed by atoms with Crippen LogP contribution >= 0.6 is 24.8 Å². The summed E-state index contributed by atoms with van der Waals surface area (Å²) in [4.78, 5) is 6.14. The van der Waals surface area contributed by atoms with Gasteiger partial charge in [-0.15, -0.1) is 24.8 Å². The number of fused-ring (bicyclic) bond motifs is 1. The molecule has 2 fully saturated rings. The van der Waals surface area contributed by atoms with Crippen LogP contribution in [0, 0.1) is 11.8 Å². The number of anilines is 1. The van der Waals surface area contributed by atoms with E-state index in [2.05, 4.69) is 15.2 Å². The number of hydrogen-bond acceptors (Lipinski definition) is 4. The molecular weight excluding hydrogens is 342 g/mol. The van der Waals surface area contributed by atoms with Crippen molar-refractivity contribution in [2.45, 2.75) is 6.18 Å². The lowest BCUT2D eigenvalue weighted by Gasteiger charge is -2.20. The van der Waals surface area contributed by atoms with Crippen LogP contribution in [0.3, 0.4) is 0 Å². The molecule has 3 heterocycles. The van der Waals surface area contributed by atoms with Gasteiger partial charge in [-0.05, 0) is 11.8 Å². The minimum absolute atomic E-state index is 0. The van der Waals surface area contributed by atoms with Gasteiger partial charge in [0, 0.05) is 32.2 Å². The molecular formula is C13H18Cl2F3N3O. The van der Waals surface area contributed by atoms with Crippen LogP contribution in [-0.2, 0) is 0 Å². The fourth-order valence-corrected chi connectivity index (χ4v) is 2.89. The Morgan fingerprint density at radius 2 is 1.82 bits per heavy atom. The number of alkyl halides is 3. The maximum atomic E-state index is 12.1. The molecule has 2 aliphatic rings. The van der Waals surface area contributed by atoms with Gasteiger partial charge in [-0.25, -0.2) is 0 Å². The second kappa shape index (κ2) is 7.57. The van der Waals surface area contributed by atoms with E-state index in [1.807, 2.05) is 0 Å². The molecule has 0 bridgehead atoms. The van der Waals surface area contributed by atoms with Gasteiger partial charge >= 0.3 is 6.18 Å². The monoisotopic (exact) mass is 359 g/mol. The minimum atomic E-state index is -4.33. The zero-order chi connectivity index (χ0) is 14.2. The predicted octanol–water partition coefficient (Wildman–Crippen LogP) is 2.52. The standard InChI is InChI=1S/C13H16F3N3O.2ClH/c14-13(15,16)8-20-12-1-11(4-18-5-12)19-6-9-2-17-3-10(9)7-19;;/h1,4-5,9-10,17H,2-3,6-8H2;2*1H/t9-,10+;;. The van der Waals surface area contributed by atoms with Crippen LogP contribution in [0.1, 0.15) is 0 Å². The van der Waals surface area contributed by atoms with Crippen LogP contribution in [0.25, 0.3) is 0 Å². The number of hydrogen-bond donors (Lipinski definition) is 1. The summed E-state index contributed by atoms with van der Waals surface area (Å²) >= 11 is 0. The molecule has 0 saturated carbocycles. The van der Waals surface area contributed by atoms with Crippen LogP contribution in [0.5, 0.6) is 5.75 Å². The number of halogens is 5. The van der Waals surface area contributed by atoms with Gasteiger partial charge in [0.05, 0.1) is 18.1 Å². The Morgan fingerprint density at radius 3 is 2.41 bits per heavy atom. The Hall–Kier alpha value is -0.920. The van der Waals surface area contributed by atoms with E-state index in [-0.39, 0.29) is 30.6 Å². The molecule has 126 valence electrons. The number of aromatic nitrogens is 1. The number of pyridine rings is 1. The first-order chi connectivity index (χ1) is 9.51. The Morgan fingerprint density at radius 1 is 1.18 bits per heavy atom. The zero-order valence-electron chi connectivity index (χ0n) is 11.7.